The van der Waals surface area contributed by atoms with Gasteiger partial charge in [-0.1, -0.05) is 46.5 Å². The minimum Gasteiger partial charge on any atom is -0.389 e. The summed E-state index contributed by atoms with van der Waals surface area (Å²) in [5.74, 6) is 2.82. The summed E-state index contributed by atoms with van der Waals surface area (Å²) in [6.45, 7) is 7.02. The number of aliphatic hydroxyl groups is 1. The van der Waals surface area contributed by atoms with Crippen molar-refractivity contribution in [2.24, 2.45) is 23.7 Å². The van der Waals surface area contributed by atoms with Crippen LogP contribution in [0.25, 0.3) is 0 Å². The maximum Gasteiger partial charge on any atom is 0.0703 e. The van der Waals surface area contributed by atoms with Gasteiger partial charge in [0.2, 0.25) is 0 Å². The molecule has 2 aliphatic carbocycles. The Hall–Kier alpha value is -0.0400. The minimum absolute atomic E-state index is 0.318. The van der Waals surface area contributed by atoms with Gasteiger partial charge in [0.1, 0.15) is 0 Å². The summed E-state index contributed by atoms with van der Waals surface area (Å²) in [7, 11) is 0. The fourth-order valence-corrected chi connectivity index (χ4v) is 4.35. The van der Waals surface area contributed by atoms with Crippen molar-refractivity contribution in [2.45, 2.75) is 77.7 Å². The molecular formula is C16H30O. The Kier molecular flexibility index (Phi) is 4.18. The molecule has 0 amide bonds. The van der Waals surface area contributed by atoms with Crippen molar-refractivity contribution in [3.63, 3.8) is 0 Å². The number of hydrogen-bond acceptors (Lipinski definition) is 1. The summed E-state index contributed by atoms with van der Waals surface area (Å²) < 4.78 is 0. The molecule has 0 aromatic carbocycles. The number of hydrogen-bond donors (Lipinski definition) is 1. The maximum atomic E-state index is 11.2. The number of rotatable bonds is 2. The molecule has 0 aliphatic heterocycles. The van der Waals surface area contributed by atoms with Crippen LogP contribution in [-0.4, -0.2) is 10.7 Å². The van der Waals surface area contributed by atoms with E-state index in [2.05, 4.69) is 20.8 Å². The highest BCUT2D eigenvalue weighted by Gasteiger charge is 2.45. The highest BCUT2D eigenvalue weighted by molar-refractivity contribution is 4.97. The summed E-state index contributed by atoms with van der Waals surface area (Å²) in [4.78, 5) is 0. The molecule has 2 aliphatic rings. The van der Waals surface area contributed by atoms with Crippen molar-refractivity contribution in [1.29, 1.82) is 0 Å². The van der Waals surface area contributed by atoms with Crippen LogP contribution in [0.3, 0.4) is 0 Å². The van der Waals surface area contributed by atoms with Crippen LogP contribution in [0.5, 0.6) is 0 Å². The van der Waals surface area contributed by atoms with Crippen LogP contribution < -0.4 is 0 Å². The highest BCUT2D eigenvalue weighted by Crippen LogP contribution is 2.48. The lowest BCUT2D eigenvalue weighted by molar-refractivity contribution is -0.114. The molecule has 2 rings (SSSR count). The van der Waals surface area contributed by atoms with Gasteiger partial charge in [-0.2, -0.15) is 0 Å². The van der Waals surface area contributed by atoms with Crippen LogP contribution in [0.2, 0.25) is 0 Å². The monoisotopic (exact) mass is 238 g/mol. The van der Waals surface area contributed by atoms with Crippen molar-refractivity contribution < 1.29 is 5.11 Å². The van der Waals surface area contributed by atoms with Crippen LogP contribution in [0.15, 0.2) is 0 Å². The normalized spacial score (nSPS) is 48.0. The van der Waals surface area contributed by atoms with Crippen molar-refractivity contribution in [3.05, 3.63) is 0 Å². The third-order valence-electron chi connectivity index (χ3n) is 5.88. The Labute approximate surface area is 107 Å². The Balaban J connectivity index is 2.08. The van der Waals surface area contributed by atoms with Gasteiger partial charge in [0.15, 0.2) is 0 Å². The van der Waals surface area contributed by atoms with E-state index < -0.39 is 0 Å². The van der Waals surface area contributed by atoms with Crippen molar-refractivity contribution in [1.82, 2.24) is 0 Å². The average Bonchev–Trinajstić information content (AvgIpc) is 2.33. The highest BCUT2D eigenvalue weighted by atomic mass is 16.3. The Bertz CT molecular complexity index is 250. The van der Waals surface area contributed by atoms with Gasteiger partial charge in [-0.15, -0.1) is 0 Å². The smallest absolute Gasteiger partial charge is 0.0703 e. The second-order valence-electron chi connectivity index (χ2n) is 6.81. The minimum atomic E-state index is -0.318. The second-order valence-corrected chi connectivity index (χ2v) is 6.81. The lowest BCUT2D eigenvalue weighted by Crippen LogP contribution is -2.49. The molecule has 0 bridgehead atoms. The van der Waals surface area contributed by atoms with Crippen LogP contribution >= 0.6 is 0 Å². The van der Waals surface area contributed by atoms with Gasteiger partial charge in [0.05, 0.1) is 5.60 Å². The molecule has 0 aromatic rings. The van der Waals surface area contributed by atoms with E-state index >= 15 is 0 Å². The molecule has 5 unspecified atom stereocenters. The van der Waals surface area contributed by atoms with E-state index in [4.69, 9.17) is 0 Å². The lowest BCUT2D eigenvalue weighted by Gasteiger charge is -2.48. The molecule has 0 aromatic heterocycles. The summed E-state index contributed by atoms with van der Waals surface area (Å²) in [5, 5.41) is 11.2. The molecule has 0 saturated heterocycles. The van der Waals surface area contributed by atoms with Gasteiger partial charge < -0.3 is 5.11 Å². The van der Waals surface area contributed by atoms with E-state index in [1.54, 1.807) is 0 Å². The Morgan fingerprint density at radius 3 is 2.47 bits per heavy atom. The van der Waals surface area contributed by atoms with Gasteiger partial charge in [-0.05, 0) is 49.4 Å². The lowest BCUT2D eigenvalue weighted by atomic mass is 9.61. The third-order valence-corrected chi connectivity index (χ3v) is 5.88. The molecule has 5 atom stereocenters. The van der Waals surface area contributed by atoms with E-state index in [1.165, 1.54) is 38.5 Å². The molecular weight excluding hydrogens is 208 g/mol. The predicted octanol–water partition coefficient (Wildman–Crippen LogP) is 4.39. The van der Waals surface area contributed by atoms with Gasteiger partial charge in [-0.3, -0.25) is 0 Å². The molecule has 2 saturated carbocycles. The quantitative estimate of drug-likeness (QED) is 0.756. The van der Waals surface area contributed by atoms with Crippen LogP contribution in [-0.2, 0) is 0 Å². The summed E-state index contributed by atoms with van der Waals surface area (Å²) in [6.07, 6.45) is 9.91. The Morgan fingerprint density at radius 1 is 1.06 bits per heavy atom. The molecule has 100 valence electrons. The van der Waals surface area contributed by atoms with Crippen LogP contribution in [0.1, 0.15) is 72.1 Å². The summed E-state index contributed by atoms with van der Waals surface area (Å²) >= 11 is 0. The molecule has 0 radical (unpaired) electrons. The Morgan fingerprint density at radius 2 is 1.82 bits per heavy atom. The van der Waals surface area contributed by atoms with Crippen LogP contribution in [0.4, 0.5) is 0 Å². The summed E-state index contributed by atoms with van der Waals surface area (Å²) in [5.41, 5.74) is -0.318. The van der Waals surface area contributed by atoms with Crippen molar-refractivity contribution in [2.75, 3.05) is 0 Å². The first-order valence-corrected chi connectivity index (χ1v) is 7.80. The fraction of sp³-hybridized carbons (Fsp3) is 1.00. The molecule has 2 fully saturated rings. The van der Waals surface area contributed by atoms with Gasteiger partial charge in [-0.25, -0.2) is 0 Å². The SMILES string of the molecule is CCC1CCCCC1(O)C1CCC(C)C(C)C1. The largest absolute Gasteiger partial charge is 0.389 e. The van der Waals surface area contributed by atoms with Gasteiger partial charge >= 0.3 is 0 Å². The van der Waals surface area contributed by atoms with Crippen molar-refractivity contribution in [3.8, 4) is 0 Å². The van der Waals surface area contributed by atoms with E-state index in [0.717, 1.165) is 24.7 Å². The first-order valence-electron chi connectivity index (χ1n) is 7.80. The first-order chi connectivity index (χ1) is 8.08. The second kappa shape index (κ2) is 5.30. The molecule has 0 spiro atoms. The molecule has 0 heterocycles. The fourth-order valence-electron chi connectivity index (χ4n) is 4.35. The third kappa shape index (κ3) is 2.54. The van der Waals surface area contributed by atoms with Gasteiger partial charge in [0, 0.05) is 0 Å². The topological polar surface area (TPSA) is 20.2 Å². The van der Waals surface area contributed by atoms with E-state index in [1.807, 2.05) is 0 Å². The van der Waals surface area contributed by atoms with E-state index in [-0.39, 0.29) is 5.60 Å². The van der Waals surface area contributed by atoms with Gasteiger partial charge in [0.25, 0.3) is 0 Å². The molecule has 1 heteroatoms. The van der Waals surface area contributed by atoms with E-state index in [9.17, 15) is 5.11 Å². The summed E-state index contributed by atoms with van der Waals surface area (Å²) in [6, 6.07) is 0. The standard InChI is InChI=1S/C16H30O/c1-4-14-7-5-6-10-16(14,17)15-9-8-12(2)13(3)11-15/h12-15,17H,4-11H2,1-3H3. The zero-order valence-electron chi connectivity index (χ0n) is 11.9. The average molecular weight is 238 g/mol. The van der Waals surface area contributed by atoms with Crippen LogP contribution in [0, 0.1) is 23.7 Å². The zero-order valence-corrected chi connectivity index (χ0v) is 11.9. The molecule has 1 nitrogen and oxygen atoms in total. The first kappa shape index (κ1) is 13.4. The molecule has 17 heavy (non-hydrogen) atoms. The van der Waals surface area contributed by atoms with Crippen molar-refractivity contribution >= 4 is 0 Å². The predicted molar refractivity (Wildman–Crippen MR) is 72.9 cm³/mol. The van der Waals surface area contributed by atoms with E-state index in [0.29, 0.717) is 11.8 Å². The maximum absolute atomic E-state index is 11.2. The zero-order chi connectivity index (χ0) is 12.5. The molecule has 1 N–H and O–H groups in total.